The Morgan fingerprint density at radius 2 is 2.05 bits per heavy atom. The summed E-state index contributed by atoms with van der Waals surface area (Å²) < 4.78 is 2.29. The number of aromatic nitrogens is 2. The Balaban J connectivity index is 2.18. The summed E-state index contributed by atoms with van der Waals surface area (Å²) in [7, 11) is 0. The van der Waals surface area contributed by atoms with Crippen LogP contribution in [0.4, 0.5) is 0 Å². The van der Waals surface area contributed by atoms with Crippen LogP contribution >= 0.6 is 11.6 Å². The minimum absolute atomic E-state index is 0.618. The van der Waals surface area contributed by atoms with Gasteiger partial charge in [0.25, 0.3) is 0 Å². The minimum atomic E-state index is 0.618. The molecule has 0 atom stereocenters. The molecule has 4 nitrogen and oxygen atoms in total. The van der Waals surface area contributed by atoms with E-state index < -0.39 is 0 Å². The lowest BCUT2D eigenvalue weighted by molar-refractivity contribution is 0.293. The number of hydrogen-bond acceptors (Lipinski definition) is 3. The second-order valence-corrected chi connectivity index (χ2v) is 5.67. The van der Waals surface area contributed by atoms with Crippen molar-refractivity contribution in [2.24, 2.45) is 5.73 Å². The normalized spacial score (nSPS) is 11.7. The highest BCUT2D eigenvalue weighted by molar-refractivity contribution is 6.31. The summed E-state index contributed by atoms with van der Waals surface area (Å²) in [6.45, 7) is 9.33. The Morgan fingerprint density at radius 1 is 1.29 bits per heavy atom. The van der Waals surface area contributed by atoms with E-state index in [1.165, 1.54) is 0 Å². The molecular formula is C16H25ClN4. The third kappa shape index (κ3) is 3.96. The summed E-state index contributed by atoms with van der Waals surface area (Å²) in [6, 6.07) is 5.92. The molecule has 1 aromatic carbocycles. The van der Waals surface area contributed by atoms with Gasteiger partial charge in [-0.25, -0.2) is 4.98 Å². The highest BCUT2D eigenvalue weighted by Gasteiger charge is 2.10. The molecule has 0 unspecified atom stereocenters. The molecule has 0 aliphatic carbocycles. The Kier molecular flexibility index (Phi) is 6.03. The summed E-state index contributed by atoms with van der Waals surface area (Å²) in [5.41, 5.74) is 7.83. The number of rotatable bonds is 8. The fourth-order valence-corrected chi connectivity index (χ4v) is 2.88. The first-order chi connectivity index (χ1) is 10.2. The molecule has 116 valence electrons. The number of fused-ring (bicyclic) bond motifs is 1. The van der Waals surface area contributed by atoms with Crippen LogP contribution in [-0.4, -0.2) is 40.6 Å². The topological polar surface area (TPSA) is 47.1 Å². The molecule has 0 fully saturated rings. The number of halogens is 1. The van der Waals surface area contributed by atoms with Crippen LogP contribution in [0.2, 0.25) is 5.02 Å². The van der Waals surface area contributed by atoms with Gasteiger partial charge in [0.2, 0.25) is 0 Å². The van der Waals surface area contributed by atoms with Crippen LogP contribution in [-0.2, 0) is 13.0 Å². The molecule has 21 heavy (non-hydrogen) atoms. The van der Waals surface area contributed by atoms with Gasteiger partial charge in [0, 0.05) is 18.0 Å². The van der Waals surface area contributed by atoms with E-state index in [4.69, 9.17) is 17.3 Å². The SMILES string of the molecule is CCN(CC)CCCn1c(CCN)nc2cc(Cl)ccc21. The fourth-order valence-electron chi connectivity index (χ4n) is 2.71. The summed E-state index contributed by atoms with van der Waals surface area (Å²) in [6.07, 6.45) is 1.92. The lowest BCUT2D eigenvalue weighted by Gasteiger charge is -2.18. The van der Waals surface area contributed by atoms with Crippen LogP contribution in [0.1, 0.15) is 26.1 Å². The molecule has 0 saturated carbocycles. The van der Waals surface area contributed by atoms with Gasteiger partial charge in [-0.05, 0) is 50.8 Å². The first-order valence-electron chi connectivity index (χ1n) is 7.76. The second kappa shape index (κ2) is 7.78. The van der Waals surface area contributed by atoms with E-state index in [1.54, 1.807) is 0 Å². The van der Waals surface area contributed by atoms with Crippen molar-refractivity contribution in [1.82, 2.24) is 14.5 Å². The number of imidazole rings is 1. The van der Waals surface area contributed by atoms with Crippen molar-refractivity contribution >= 4 is 22.6 Å². The predicted octanol–water partition coefficient (Wildman–Crippen LogP) is 2.92. The van der Waals surface area contributed by atoms with Crippen molar-refractivity contribution in [2.75, 3.05) is 26.2 Å². The zero-order valence-corrected chi connectivity index (χ0v) is 13.7. The highest BCUT2D eigenvalue weighted by atomic mass is 35.5. The smallest absolute Gasteiger partial charge is 0.111 e. The maximum Gasteiger partial charge on any atom is 0.111 e. The first-order valence-corrected chi connectivity index (χ1v) is 8.14. The monoisotopic (exact) mass is 308 g/mol. The van der Waals surface area contributed by atoms with E-state index in [2.05, 4.69) is 34.4 Å². The lowest BCUT2D eigenvalue weighted by Crippen LogP contribution is -2.25. The Labute approximate surface area is 131 Å². The van der Waals surface area contributed by atoms with Crippen molar-refractivity contribution in [3.05, 3.63) is 29.0 Å². The average Bonchev–Trinajstić information content (AvgIpc) is 2.81. The molecule has 0 aliphatic rings. The van der Waals surface area contributed by atoms with E-state index >= 15 is 0 Å². The summed E-state index contributed by atoms with van der Waals surface area (Å²) in [5.74, 6) is 1.06. The minimum Gasteiger partial charge on any atom is -0.330 e. The molecule has 1 aromatic heterocycles. The predicted molar refractivity (Wildman–Crippen MR) is 89.9 cm³/mol. The van der Waals surface area contributed by atoms with Crippen molar-refractivity contribution in [2.45, 2.75) is 33.2 Å². The van der Waals surface area contributed by atoms with E-state index in [9.17, 15) is 0 Å². The van der Waals surface area contributed by atoms with Crippen molar-refractivity contribution < 1.29 is 0 Å². The molecule has 0 spiro atoms. The Hall–Kier alpha value is -1.10. The Bertz CT molecular complexity index is 575. The molecule has 0 aliphatic heterocycles. The first kappa shape index (κ1) is 16.3. The van der Waals surface area contributed by atoms with Crippen LogP contribution < -0.4 is 5.73 Å². The number of nitrogens with two attached hydrogens (primary N) is 1. The van der Waals surface area contributed by atoms with Crippen LogP contribution in [0.15, 0.2) is 18.2 Å². The van der Waals surface area contributed by atoms with Gasteiger partial charge in [-0.2, -0.15) is 0 Å². The number of nitrogens with zero attached hydrogens (tertiary/aromatic N) is 3. The van der Waals surface area contributed by atoms with Gasteiger partial charge >= 0.3 is 0 Å². The zero-order chi connectivity index (χ0) is 15.2. The third-order valence-electron chi connectivity index (χ3n) is 3.91. The molecule has 0 amide bonds. The van der Waals surface area contributed by atoms with Crippen LogP contribution in [0.3, 0.4) is 0 Å². The third-order valence-corrected chi connectivity index (χ3v) is 4.14. The van der Waals surface area contributed by atoms with Crippen LogP contribution in [0.5, 0.6) is 0 Å². The van der Waals surface area contributed by atoms with Crippen molar-refractivity contribution in [3.63, 3.8) is 0 Å². The average molecular weight is 309 g/mol. The molecule has 2 N–H and O–H groups in total. The molecule has 0 saturated heterocycles. The van der Waals surface area contributed by atoms with E-state index in [0.717, 1.165) is 60.9 Å². The van der Waals surface area contributed by atoms with Crippen LogP contribution in [0, 0.1) is 0 Å². The lowest BCUT2D eigenvalue weighted by atomic mass is 10.3. The van der Waals surface area contributed by atoms with Gasteiger partial charge in [-0.15, -0.1) is 0 Å². The number of hydrogen-bond donors (Lipinski definition) is 1. The Morgan fingerprint density at radius 3 is 2.71 bits per heavy atom. The zero-order valence-electron chi connectivity index (χ0n) is 13.0. The summed E-state index contributed by atoms with van der Waals surface area (Å²) >= 11 is 6.06. The highest BCUT2D eigenvalue weighted by Crippen LogP contribution is 2.21. The molecule has 2 aromatic rings. The molecule has 5 heteroatoms. The van der Waals surface area contributed by atoms with Crippen LogP contribution in [0.25, 0.3) is 11.0 Å². The largest absolute Gasteiger partial charge is 0.330 e. The van der Waals surface area contributed by atoms with Gasteiger partial charge in [0.1, 0.15) is 5.82 Å². The van der Waals surface area contributed by atoms with Gasteiger partial charge in [-0.3, -0.25) is 0 Å². The molecular weight excluding hydrogens is 284 g/mol. The standard InChI is InChI=1S/C16H25ClN4/c1-3-20(4-2)10-5-11-21-15-7-6-13(17)12-14(15)19-16(21)8-9-18/h6-7,12H,3-5,8-11,18H2,1-2H3. The second-order valence-electron chi connectivity index (χ2n) is 5.23. The molecule has 2 rings (SSSR count). The number of benzene rings is 1. The van der Waals surface area contributed by atoms with Gasteiger partial charge in [-0.1, -0.05) is 25.4 Å². The van der Waals surface area contributed by atoms with E-state index in [-0.39, 0.29) is 0 Å². The van der Waals surface area contributed by atoms with Gasteiger partial charge in [0.15, 0.2) is 0 Å². The fraction of sp³-hybridized carbons (Fsp3) is 0.562. The van der Waals surface area contributed by atoms with Gasteiger partial charge in [0.05, 0.1) is 11.0 Å². The quantitative estimate of drug-likeness (QED) is 0.815. The summed E-state index contributed by atoms with van der Waals surface area (Å²) in [4.78, 5) is 7.13. The maximum absolute atomic E-state index is 6.06. The number of aryl methyl sites for hydroxylation is 1. The molecule has 0 bridgehead atoms. The maximum atomic E-state index is 6.06. The summed E-state index contributed by atoms with van der Waals surface area (Å²) in [5, 5.41) is 0.731. The van der Waals surface area contributed by atoms with Gasteiger partial charge < -0.3 is 15.2 Å². The molecule has 0 radical (unpaired) electrons. The molecule has 1 heterocycles. The van der Waals surface area contributed by atoms with E-state index in [0.29, 0.717) is 6.54 Å². The van der Waals surface area contributed by atoms with Crippen molar-refractivity contribution in [1.29, 1.82) is 0 Å². The van der Waals surface area contributed by atoms with Crippen molar-refractivity contribution in [3.8, 4) is 0 Å². The van der Waals surface area contributed by atoms with E-state index in [1.807, 2.05) is 12.1 Å².